The monoisotopic (exact) mass is 427 g/mol. The average molecular weight is 428 g/mol. The minimum atomic E-state index is -0.0817. The molecule has 1 N–H and O–H groups in total. The minimum absolute atomic E-state index is 0.0817. The van der Waals surface area contributed by atoms with Gasteiger partial charge in [-0.25, -0.2) is 0 Å². The number of hydrogen-bond acceptors (Lipinski definition) is 2. The molecule has 0 aromatic carbocycles. The Labute approximate surface area is 192 Å². The van der Waals surface area contributed by atoms with Gasteiger partial charge in [-0.1, -0.05) is 46.3 Å². The lowest BCUT2D eigenvalue weighted by molar-refractivity contribution is -0.0592. The van der Waals surface area contributed by atoms with E-state index in [1.54, 1.807) is 5.57 Å². The molecule has 4 fully saturated rings. The smallest absolute Gasteiger partial charge is 0.0577 e. The Morgan fingerprint density at radius 1 is 0.968 bits per heavy atom. The molecular formula is C29H49NO. The third kappa shape index (κ3) is 3.76. The van der Waals surface area contributed by atoms with E-state index in [1.807, 2.05) is 0 Å². The highest BCUT2D eigenvalue weighted by Crippen LogP contribution is 2.67. The van der Waals surface area contributed by atoms with Crippen LogP contribution < -0.4 is 0 Å². The van der Waals surface area contributed by atoms with E-state index in [1.165, 1.54) is 71.0 Å². The first kappa shape index (κ1) is 22.5. The summed E-state index contributed by atoms with van der Waals surface area (Å²) < 4.78 is 0. The van der Waals surface area contributed by atoms with E-state index in [4.69, 9.17) is 0 Å². The van der Waals surface area contributed by atoms with Crippen molar-refractivity contribution in [1.82, 2.24) is 4.90 Å². The lowest BCUT2D eigenvalue weighted by Gasteiger charge is -2.58. The molecule has 1 heterocycles. The molecule has 31 heavy (non-hydrogen) atoms. The fraction of sp³-hybridized carbons (Fsp3) is 0.931. The van der Waals surface area contributed by atoms with Gasteiger partial charge in [-0.2, -0.15) is 0 Å². The van der Waals surface area contributed by atoms with Crippen LogP contribution in [0.25, 0.3) is 0 Å². The van der Waals surface area contributed by atoms with Gasteiger partial charge in [0.1, 0.15) is 0 Å². The molecule has 0 amide bonds. The number of allylic oxidation sites excluding steroid dienone is 1. The summed E-state index contributed by atoms with van der Waals surface area (Å²) in [6, 6.07) is 0. The highest BCUT2D eigenvalue weighted by atomic mass is 16.3. The number of piperidine rings is 1. The van der Waals surface area contributed by atoms with E-state index in [-0.39, 0.29) is 6.10 Å². The molecule has 176 valence electrons. The van der Waals surface area contributed by atoms with Crippen molar-refractivity contribution in [3.05, 3.63) is 11.6 Å². The van der Waals surface area contributed by atoms with Gasteiger partial charge >= 0.3 is 0 Å². The van der Waals surface area contributed by atoms with Crippen LogP contribution in [-0.4, -0.2) is 35.7 Å². The van der Waals surface area contributed by atoms with E-state index in [9.17, 15) is 5.11 Å². The summed E-state index contributed by atoms with van der Waals surface area (Å²) in [5, 5.41) is 10.3. The molecule has 5 aliphatic rings. The molecule has 0 aromatic heterocycles. The van der Waals surface area contributed by atoms with E-state index < -0.39 is 0 Å². The molecule has 3 saturated carbocycles. The number of hydrogen-bond donors (Lipinski definition) is 1. The predicted octanol–water partition coefficient (Wildman–Crippen LogP) is 6.68. The first-order valence-electron chi connectivity index (χ1n) is 13.7. The lowest BCUT2D eigenvalue weighted by Crippen LogP contribution is -2.51. The van der Waals surface area contributed by atoms with Crippen molar-refractivity contribution in [2.24, 2.45) is 45.8 Å². The maximum atomic E-state index is 10.3. The molecule has 4 aliphatic carbocycles. The maximum Gasteiger partial charge on any atom is 0.0577 e. The first-order chi connectivity index (χ1) is 14.6. The Bertz CT molecular complexity index is 702. The zero-order valence-corrected chi connectivity index (χ0v) is 21.1. The molecule has 2 heteroatoms. The molecule has 0 radical (unpaired) electrons. The van der Waals surface area contributed by atoms with Gasteiger partial charge in [0.25, 0.3) is 0 Å². The van der Waals surface area contributed by atoms with Crippen molar-refractivity contribution in [3.63, 3.8) is 0 Å². The second-order valence-electron chi connectivity index (χ2n) is 13.8. The zero-order chi connectivity index (χ0) is 22.0. The summed E-state index contributed by atoms with van der Waals surface area (Å²) in [5.74, 6) is 4.45. The van der Waals surface area contributed by atoms with Crippen LogP contribution in [0.2, 0.25) is 0 Å². The van der Waals surface area contributed by atoms with Crippen molar-refractivity contribution in [2.45, 2.75) is 105 Å². The summed E-state index contributed by atoms with van der Waals surface area (Å²) in [5.41, 5.74) is 3.12. The molecule has 1 aliphatic heterocycles. The van der Waals surface area contributed by atoms with Crippen molar-refractivity contribution in [2.75, 3.05) is 19.6 Å². The van der Waals surface area contributed by atoms with Crippen LogP contribution in [0.5, 0.6) is 0 Å². The number of fused-ring (bicyclic) bond motifs is 5. The van der Waals surface area contributed by atoms with Crippen molar-refractivity contribution >= 4 is 0 Å². The van der Waals surface area contributed by atoms with E-state index in [2.05, 4.69) is 45.6 Å². The Morgan fingerprint density at radius 3 is 2.45 bits per heavy atom. The van der Waals surface area contributed by atoms with Crippen LogP contribution in [0, 0.1) is 45.8 Å². The second-order valence-corrected chi connectivity index (χ2v) is 13.8. The van der Waals surface area contributed by atoms with Crippen molar-refractivity contribution < 1.29 is 5.11 Å². The van der Waals surface area contributed by atoms with Crippen LogP contribution in [0.4, 0.5) is 0 Å². The minimum Gasteiger partial charge on any atom is -0.393 e. The quantitative estimate of drug-likeness (QED) is 0.508. The normalized spacial score (nSPS) is 48.3. The molecule has 5 rings (SSSR count). The summed E-state index contributed by atoms with van der Waals surface area (Å²) in [6.07, 6.45) is 15.6. The second kappa shape index (κ2) is 7.86. The van der Waals surface area contributed by atoms with Crippen LogP contribution in [0.15, 0.2) is 11.6 Å². The SMILES string of the molecule is C[C@H](CN1CCC(C)(C)CC1)[C@H]1CC[C@H]2[C@@H]3CC=C4C[C@@H](O)CC[C@]4(C)[C@H]3CC[C@]12C. The van der Waals surface area contributed by atoms with Gasteiger partial charge in [-0.05, 0) is 123 Å². The summed E-state index contributed by atoms with van der Waals surface area (Å²) >= 11 is 0. The van der Waals surface area contributed by atoms with Gasteiger partial charge in [-0.3, -0.25) is 0 Å². The van der Waals surface area contributed by atoms with Crippen molar-refractivity contribution in [1.29, 1.82) is 0 Å². The van der Waals surface area contributed by atoms with Gasteiger partial charge in [0, 0.05) is 6.54 Å². The Morgan fingerprint density at radius 2 is 1.71 bits per heavy atom. The van der Waals surface area contributed by atoms with Crippen LogP contribution in [0.3, 0.4) is 0 Å². The van der Waals surface area contributed by atoms with E-state index in [0.717, 1.165) is 42.4 Å². The number of aliphatic hydroxyl groups excluding tert-OH is 1. The Hall–Kier alpha value is -0.340. The topological polar surface area (TPSA) is 23.5 Å². The molecular weight excluding hydrogens is 378 g/mol. The van der Waals surface area contributed by atoms with Gasteiger partial charge < -0.3 is 10.0 Å². The Kier molecular flexibility index (Phi) is 5.70. The summed E-state index contributed by atoms with van der Waals surface area (Å²) in [4.78, 5) is 2.79. The number of likely N-dealkylation sites (tertiary alicyclic amines) is 1. The summed E-state index contributed by atoms with van der Waals surface area (Å²) in [7, 11) is 0. The molecule has 8 atom stereocenters. The average Bonchev–Trinajstić information content (AvgIpc) is 3.07. The number of nitrogens with zero attached hydrogens (tertiary/aromatic N) is 1. The van der Waals surface area contributed by atoms with Crippen LogP contribution in [-0.2, 0) is 0 Å². The summed E-state index contributed by atoms with van der Waals surface area (Å²) in [6.45, 7) is 16.7. The van der Waals surface area contributed by atoms with Crippen LogP contribution in [0.1, 0.15) is 98.8 Å². The number of aliphatic hydroxyl groups is 1. The first-order valence-corrected chi connectivity index (χ1v) is 13.7. The van der Waals surface area contributed by atoms with E-state index in [0.29, 0.717) is 16.2 Å². The van der Waals surface area contributed by atoms with Crippen LogP contribution >= 0.6 is 0 Å². The van der Waals surface area contributed by atoms with Gasteiger partial charge in [0.2, 0.25) is 0 Å². The highest BCUT2D eigenvalue weighted by Gasteiger charge is 2.59. The standard InChI is InChI=1S/C29H49NO/c1-20(19-30-16-14-27(2,3)15-17-30)24-8-9-25-23-7-6-21-18-22(31)10-12-28(21,4)26(23)11-13-29(24,25)5/h6,20,22-26,31H,7-19H2,1-5H3/t20-,22+,23+,24-,25+,26+,28+,29-/m1/s1. The fourth-order valence-corrected chi connectivity index (χ4v) is 9.49. The zero-order valence-electron chi connectivity index (χ0n) is 21.1. The third-order valence-corrected chi connectivity index (χ3v) is 11.6. The van der Waals surface area contributed by atoms with Crippen molar-refractivity contribution in [3.8, 4) is 0 Å². The predicted molar refractivity (Wildman–Crippen MR) is 130 cm³/mol. The molecule has 0 unspecified atom stereocenters. The largest absolute Gasteiger partial charge is 0.393 e. The Balaban J connectivity index is 1.29. The fourth-order valence-electron chi connectivity index (χ4n) is 9.49. The molecule has 2 nitrogen and oxygen atoms in total. The third-order valence-electron chi connectivity index (χ3n) is 11.6. The van der Waals surface area contributed by atoms with Gasteiger partial charge in [-0.15, -0.1) is 0 Å². The van der Waals surface area contributed by atoms with E-state index >= 15 is 0 Å². The molecule has 0 aromatic rings. The lowest BCUT2D eigenvalue weighted by atomic mass is 9.47. The number of rotatable bonds is 3. The molecule has 0 bridgehead atoms. The van der Waals surface area contributed by atoms with Gasteiger partial charge in [0.15, 0.2) is 0 Å². The van der Waals surface area contributed by atoms with Gasteiger partial charge in [0.05, 0.1) is 6.10 Å². The maximum absolute atomic E-state index is 10.3. The highest BCUT2D eigenvalue weighted by molar-refractivity contribution is 5.25. The molecule has 0 spiro atoms. The molecule has 1 saturated heterocycles.